The fourth-order valence-corrected chi connectivity index (χ4v) is 5.24. The molecule has 0 saturated carbocycles. The van der Waals surface area contributed by atoms with Gasteiger partial charge in [-0.15, -0.1) is 11.3 Å². The molecule has 0 spiro atoms. The molecule has 29 heavy (non-hydrogen) atoms. The van der Waals surface area contributed by atoms with Crippen molar-refractivity contribution in [1.82, 2.24) is 9.80 Å². The second-order valence-corrected chi connectivity index (χ2v) is 9.33. The average molecular weight is 454 g/mol. The minimum Gasteiger partial charge on any atom is -0.495 e. The number of anilines is 1. The van der Waals surface area contributed by atoms with Gasteiger partial charge in [0.1, 0.15) is 5.75 Å². The SMILES string of the molecule is COc1ccc(N2C(=O)C[C@@H](N3CCN(Cc4ccc(Cl)s4)CC3)C2=O)cc1Cl. The zero-order valence-electron chi connectivity index (χ0n) is 15.9. The highest BCUT2D eigenvalue weighted by molar-refractivity contribution is 7.16. The van der Waals surface area contributed by atoms with Gasteiger partial charge >= 0.3 is 0 Å². The largest absolute Gasteiger partial charge is 0.495 e. The number of ether oxygens (including phenoxy) is 1. The minimum absolute atomic E-state index is 0.185. The molecule has 4 rings (SSSR count). The Labute approximate surface area is 183 Å². The Bertz CT molecular complexity index is 927. The van der Waals surface area contributed by atoms with E-state index in [0.29, 0.717) is 16.5 Å². The molecular formula is C20H21Cl2N3O3S. The summed E-state index contributed by atoms with van der Waals surface area (Å²) in [5.74, 6) is 0.126. The summed E-state index contributed by atoms with van der Waals surface area (Å²) in [6.07, 6.45) is 0.197. The number of piperazine rings is 1. The lowest BCUT2D eigenvalue weighted by Gasteiger charge is -2.36. The van der Waals surface area contributed by atoms with E-state index in [9.17, 15) is 9.59 Å². The number of methoxy groups -OCH3 is 1. The quantitative estimate of drug-likeness (QED) is 0.648. The summed E-state index contributed by atoms with van der Waals surface area (Å²) in [4.78, 5) is 32.6. The molecule has 154 valence electrons. The molecule has 9 heteroatoms. The van der Waals surface area contributed by atoms with Gasteiger partial charge in [0, 0.05) is 37.6 Å². The monoisotopic (exact) mass is 453 g/mol. The highest BCUT2D eigenvalue weighted by atomic mass is 35.5. The van der Waals surface area contributed by atoms with Crippen molar-refractivity contribution in [2.75, 3.05) is 38.2 Å². The second kappa shape index (κ2) is 8.62. The predicted octanol–water partition coefficient (Wildman–Crippen LogP) is 3.51. The summed E-state index contributed by atoms with van der Waals surface area (Å²) < 4.78 is 5.95. The first-order valence-electron chi connectivity index (χ1n) is 9.37. The zero-order chi connectivity index (χ0) is 20.5. The zero-order valence-corrected chi connectivity index (χ0v) is 18.3. The molecule has 6 nitrogen and oxygen atoms in total. The van der Waals surface area contributed by atoms with Crippen molar-refractivity contribution in [2.45, 2.75) is 19.0 Å². The Balaban J connectivity index is 1.39. The van der Waals surface area contributed by atoms with E-state index in [2.05, 4.69) is 15.9 Å². The lowest BCUT2D eigenvalue weighted by atomic mass is 10.1. The number of hydrogen-bond acceptors (Lipinski definition) is 6. The van der Waals surface area contributed by atoms with Crippen molar-refractivity contribution in [2.24, 2.45) is 0 Å². The van der Waals surface area contributed by atoms with Crippen LogP contribution in [0.4, 0.5) is 5.69 Å². The van der Waals surface area contributed by atoms with Gasteiger partial charge < -0.3 is 4.74 Å². The number of rotatable bonds is 5. The summed E-state index contributed by atoms with van der Waals surface area (Å²) >= 11 is 13.8. The fourth-order valence-electron chi connectivity index (χ4n) is 3.86. The van der Waals surface area contributed by atoms with Gasteiger partial charge in [-0.2, -0.15) is 0 Å². The fraction of sp³-hybridized carbons (Fsp3) is 0.400. The van der Waals surface area contributed by atoms with Gasteiger partial charge in [0.15, 0.2) is 0 Å². The summed E-state index contributed by atoms with van der Waals surface area (Å²) in [6.45, 7) is 4.06. The highest BCUT2D eigenvalue weighted by Gasteiger charge is 2.43. The number of carbonyl (C=O) groups is 2. The Hall–Kier alpha value is -1.64. The second-order valence-electron chi connectivity index (χ2n) is 7.12. The highest BCUT2D eigenvalue weighted by Crippen LogP contribution is 2.33. The van der Waals surface area contributed by atoms with Crippen molar-refractivity contribution in [3.8, 4) is 5.75 Å². The molecule has 2 fully saturated rings. The third-order valence-electron chi connectivity index (χ3n) is 5.37. The molecule has 0 radical (unpaired) electrons. The summed E-state index contributed by atoms with van der Waals surface area (Å²) in [5, 5.41) is 0.372. The molecule has 0 aliphatic carbocycles. The van der Waals surface area contributed by atoms with Crippen LogP contribution in [-0.4, -0.2) is 60.9 Å². The third-order valence-corrected chi connectivity index (χ3v) is 6.88. The molecule has 2 aliphatic rings. The summed E-state index contributed by atoms with van der Waals surface area (Å²) in [5.41, 5.74) is 0.488. The maximum atomic E-state index is 13.0. The van der Waals surface area contributed by atoms with Gasteiger partial charge in [-0.05, 0) is 30.3 Å². The Morgan fingerprint density at radius 1 is 1.10 bits per heavy atom. The lowest BCUT2D eigenvalue weighted by Crippen LogP contribution is -2.52. The smallest absolute Gasteiger partial charge is 0.251 e. The van der Waals surface area contributed by atoms with Crippen LogP contribution in [0.15, 0.2) is 30.3 Å². The van der Waals surface area contributed by atoms with Gasteiger partial charge in [-0.25, -0.2) is 4.90 Å². The lowest BCUT2D eigenvalue weighted by molar-refractivity contribution is -0.123. The van der Waals surface area contributed by atoms with Crippen LogP contribution < -0.4 is 9.64 Å². The van der Waals surface area contributed by atoms with E-state index in [4.69, 9.17) is 27.9 Å². The molecule has 0 unspecified atom stereocenters. The number of benzene rings is 1. The molecule has 2 aromatic rings. The van der Waals surface area contributed by atoms with Gasteiger partial charge in [-0.1, -0.05) is 23.2 Å². The van der Waals surface area contributed by atoms with Gasteiger partial charge in [0.05, 0.1) is 34.6 Å². The first-order valence-corrected chi connectivity index (χ1v) is 10.9. The summed E-state index contributed by atoms with van der Waals surface area (Å²) in [7, 11) is 1.52. The average Bonchev–Trinajstić information content (AvgIpc) is 3.24. The van der Waals surface area contributed by atoms with E-state index in [1.165, 1.54) is 16.9 Å². The van der Waals surface area contributed by atoms with Crippen molar-refractivity contribution in [3.63, 3.8) is 0 Å². The standard InChI is InChI=1S/C20H21Cl2N3O3S/c1-28-17-4-2-13(10-15(17)21)25-19(26)11-16(20(25)27)24-8-6-23(7-9-24)12-14-3-5-18(22)29-14/h2-5,10,16H,6-9,11-12H2,1H3/t16-/m1/s1. The van der Waals surface area contributed by atoms with Gasteiger partial charge in [0.25, 0.3) is 5.91 Å². The molecular weight excluding hydrogens is 433 g/mol. The van der Waals surface area contributed by atoms with Crippen LogP contribution in [0, 0.1) is 0 Å². The van der Waals surface area contributed by atoms with E-state index >= 15 is 0 Å². The molecule has 0 bridgehead atoms. The number of imide groups is 1. The molecule has 3 heterocycles. The first-order chi connectivity index (χ1) is 14.0. The van der Waals surface area contributed by atoms with Crippen molar-refractivity contribution < 1.29 is 14.3 Å². The third kappa shape index (κ3) is 4.29. The Kier molecular flexibility index (Phi) is 6.13. The molecule has 2 aliphatic heterocycles. The van der Waals surface area contributed by atoms with Crippen LogP contribution in [-0.2, 0) is 16.1 Å². The maximum absolute atomic E-state index is 13.0. The molecule has 2 amide bonds. The normalized spacial score (nSPS) is 21.2. The van der Waals surface area contributed by atoms with E-state index in [1.54, 1.807) is 29.5 Å². The number of carbonyl (C=O) groups excluding carboxylic acids is 2. The number of amides is 2. The number of nitrogens with zero attached hydrogens (tertiary/aromatic N) is 3. The number of hydrogen-bond donors (Lipinski definition) is 0. The molecule has 1 aromatic carbocycles. The first kappa shape index (κ1) is 20.6. The number of halogens is 2. The van der Waals surface area contributed by atoms with E-state index in [0.717, 1.165) is 37.1 Å². The molecule has 1 atom stereocenters. The van der Waals surface area contributed by atoms with Gasteiger partial charge in [0.2, 0.25) is 5.91 Å². The van der Waals surface area contributed by atoms with Crippen LogP contribution in [0.2, 0.25) is 9.36 Å². The molecule has 0 N–H and O–H groups in total. The van der Waals surface area contributed by atoms with Crippen LogP contribution in [0.3, 0.4) is 0 Å². The minimum atomic E-state index is -0.415. The predicted molar refractivity (Wildman–Crippen MR) is 115 cm³/mol. The van der Waals surface area contributed by atoms with Crippen LogP contribution in [0.5, 0.6) is 5.75 Å². The van der Waals surface area contributed by atoms with Crippen LogP contribution in [0.25, 0.3) is 0 Å². The van der Waals surface area contributed by atoms with E-state index in [1.807, 2.05) is 6.07 Å². The Morgan fingerprint density at radius 3 is 2.48 bits per heavy atom. The van der Waals surface area contributed by atoms with Crippen molar-refractivity contribution >= 4 is 52.0 Å². The van der Waals surface area contributed by atoms with E-state index in [-0.39, 0.29) is 18.2 Å². The van der Waals surface area contributed by atoms with Crippen molar-refractivity contribution in [1.29, 1.82) is 0 Å². The molecule has 1 aromatic heterocycles. The maximum Gasteiger partial charge on any atom is 0.251 e. The van der Waals surface area contributed by atoms with Gasteiger partial charge in [-0.3, -0.25) is 19.4 Å². The van der Waals surface area contributed by atoms with E-state index < -0.39 is 6.04 Å². The number of thiophene rings is 1. The van der Waals surface area contributed by atoms with Crippen LogP contribution in [0.1, 0.15) is 11.3 Å². The van der Waals surface area contributed by atoms with Crippen molar-refractivity contribution in [3.05, 3.63) is 44.6 Å². The Morgan fingerprint density at radius 2 is 1.86 bits per heavy atom. The molecule has 2 saturated heterocycles. The topological polar surface area (TPSA) is 53.1 Å². The summed E-state index contributed by atoms with van der Waals surface area (Å²) in [6, 6.07) is 8.51. The van der Waals surface area contributed by atoms with Crippen LogP contribution >= 0.6 is 34.5 Å².